The van der Waals surface area contributed by atoms with E-state index in [4.69, 9.17) is 32.7 Å². The first-order valence-electron chi connectivity index (χ1n) is 10.9. The Morgan fingerprint density at radius 2 is 2.03 bits per heavy atom. The van der Waals surface area contributed by atoms with Crippen molar-refractivity contribution in [2.24, 2.45) is 0 Å². The average molecular weight is 528 g/mol. The van der Waals surface area contributed by atoms with Gasteiger partial charge in [0.2, 0.25) is 0 Å². The molecule has 1 heterocycles. The third-order valence-corrected chi connectivity index (χ3v) is 8.01. The van der Waals surface area contributed by atoms with Gasteiger partial charge in [0.05, 0.1) is 17.6 Å². The van der Waals surface area contributed by atoms with Crippen molar-refractivity contribution >= 4 is 52.7 Å². The summed E-state index contributed by atoms with van der Waals surface area (Å²) in [5.41, 5.74) is 0.216. The lowest BCUT2D eigenvalue weighted by molar-refractivity contribution is -0.154. The van der Waals surface area contributed by atoms with Crippen LogP contribution in [0, 0.1) is 0 Å². The Kier molecular flexibility index (Phi) is 6.14. The van der Waals surface area contributed by atoms with Gasteiger partial charge in [0.25, 0.3) is 11.8 Å². The highest BCUT2D eigenvalue weighted by Gasteiger charge is 2.69. The number of amides is 2. The molecule has 34 heavy (non-hydrogen) atoms. The van der Waals surface area contributed by atoms with Crippen LogP contribution in [0.1, 0.15) is 25.7 Å². The van der Waals surface area contributed by atoms with Crippen molar-refractivity contribution in [2.45, 2.75) is 48.2 Å². The maximum Gasteiger partial charge on any atom is 0.263 e. The number of nitrogens with one attached hydrogen (secondary N) is 2. The monoisotopic (exact) mass is 527 g/mol. The molecule has 0 spiro atoms. The molecule has 0 radical (unpaired) electrons. The minimum absolute atomic E-state index is 0.168. The molecule has 1 aliphatic heterocycles. The number of allylic oxidation sites excluding steroid dienone is 3. The largest absolute Gasteiger partial charge is 0.484 e. The lowest BCUT2D eigenvalue weighted by Crippen LogP contribution is -2.84. The van der Waals surface area contributed by atoms with Crippen molar-refractivity contribution in [2.75, 3.05) is 23.7 Å². The Morgan fingerprint density at radius 3 is 2.74 bits per heavy atom. The van der Waals surface area contributed by atoms with E-state index in [0.29, 0.717) is 48.8 Å². The minimum Gasteiger partial charge on any atom is -0.484 e. The quantitative estimate of drug-likeness (QED) is 0.414. The maximum atomic E-state index is 13.6. The van der Waals surface area contributed by atoms with Crippen LogP contribution in [0.4, 0.5) is 10.1 Å². The van der Waals surface area contributed by atoms with Gasteiger partial charge in [-0.1, -0.05) is 23.5 Å². The van der Waals surface area contributed by atoms with E-state index >= 15 is 0 Å². The number of rotatable bonds is 7. The number of hydrogen-bond acceptors (Lipinski definition) is 6. The molecule has 182 valence electrons. The fourth-order valence-corrected chi connectivity index (χ4v) is 6.07. The van der Waals surface area contributed by atoms with Crippen LogP contribution in [0.3, 0.4) is 0 Å². The predicted molar refractivity (Wildman–Crippen MR) is 130 cm³/mol. The second-order valence-corrected chi connectivity index (χ2v) is 11.0. The normalized spacial score (nSPS) is 31.0. The lowest BCUT2D eigenvalue weighted by Gasteiger charge is -2.70. The number of carbonyl (C=O) groups excluding carboxylic acids is 2. The summed E-state index contributed by atoms with van der Waals surface area (Å²) >= 11 is 13.4. The molecule has 5 aliphatic rings. The first-order valence-corrected chi connectivity index (χ1v) is 12.9. The summed E-state index contributed by atoms with van der Waals surface area (Å²) in [7, 11) is 0. The van der Waals surface area contributed by atoms with Gasteiger partial charge in [-0.05, 0) is 50.0 Å². The van der Waals surface area contributed by atoms with Crippen molar-refractivity contribution in [3.63, 3.8) is 0 Å². The molecule has 3 saturated carbocycles. The molecule has 3 fully saturated rings. The van der Waals surface area contributed by atoms with Crippen molar-refractivity contribution in [1.82, 2.24) is 10.6 Å². The highest BCUT2D eigenvalue weighted by Crippen LogP contribution is 2.60. The van der Waals surface area contributed by atoms with Gasteiger partial charge < -0.3 is 24.4 Å². The number of alkyl halides is 1. The smallest absolute Gasteiger partial charge is 0.263 e. The van der Waals surface area contributed by atoms with Gasteiger partial charge >= 0.3 is 0 Å². The number of carbonyl (C=O) groups is 2. The highest BCUT2D eigenvalue weighted by atomic mass is 35.5. The van der Waals surface area contributed by atoms with E-state index in [0.717, 1.165) is 5.69 Å². The zero-order valence-corrected chi connectivity index (χ0v) is 20.7. The van der Waals surface area contributed by atoms with Crippen LogP contribution in [0.25, 0.3) is 0 Å². The standard InChI is InChI=1S/C23H24Cl2FN3O4S/c1-34-29-8-19(33-18-5-2-13(24)6-17(18)29)21(31)28-23-10-22(11-23,12-23)27-20(30)9-32-14-3-4-15(25)16(26)7-14/h2-3,5-7,15,19H,4,8-12H2,1H3,(H,27,30)(H,28,31). The van der Waals surface area contributed by atoms with Gasteiger partial charge in [0, 0.05) is 28.4 Å². The van der Waals surface area contributed by atoms with Crippen LogP contribution in [0.2, 0.25) is 5.02 Å². The molecule has 11 heteroatoms. The SMILES string of the molecule is CSN1CC(C(=O)NC23CC(NC(=O)COC4=CCC(Cl)C(F)=C4)(C2)C3)Oc2ccc(Cl)cc21. The number of ether oxygens (including phenoxy) is 2. The van der Waals surface area contributed by atoms with Gasteiger partial charge in [-0.2, -0.15) is 0 Å². The van der Waals surface area contributed by atoms with E-state index in [2.05, 4.69) is 10.6 Å². The van der Waals surface area contributed by atoms with Gasteiger partial charge in [-0.25, -0.2) is 4.39 Å². The van der Waals surface area contributed by atoms with Gasteiger partial charge in [-0.3, -0.25) is 9.59 Å². The number of hydrogen-bond donors (Lipinski definition) is 2. The number of fused-ring (bicyclic) bond motifs is 1. The number of benzene rings is 1. The molecule has 2 amide bonds. The van der Waals surface area contributed by atoms with E-state index in [-0.39, 0.29) is 29.5 Å². The second kappa shape index (κ2) is 8.84. The van der Waals surface area contributed by atoms with E-state index in [1.165, 1.54) is 18.0 Å². The minimum atomic E-state index is -0.676. The van der Waals surface area contributed by atoms with Crippen LogP contribution in [-0.2, 0) is 14.3 Å². The summed E-state index contributed by atoms with van der Waals surface area (Å²) in [5, 5.41) is 6.05. The number of anilines is 1. The maximum absolute atomic E-state index is 13.6. The third kappa shape index (κ3) is 4.45. The van der Waals surface area contributed by atoms with Gasteiger partial charge in [0.1, 0.15) is 17.3 Å². The second-order valence-electron chi connectivity index (χ2n) is 9.22. The van der Waals surface area contributed by atoms with E-state index < -0.39 is 17.3 Å². The summed E-state index contributed by atoms with van der Waals surface area (Å²) in [5.74, 6) is 0.0194. The molecule has 0 aromatic heterocycles. The molecule has 2 atom stereocenters. The molecule has 7 nitrogen and oxygen atoms in total. The van der Waals surface area contributed by atoms with Crippen LogP contribution in [0.5, 0.6) is 5.75 Å². The fourth-order valence-electron chi connectivity index (χ4n) is 5.13. The molecule has 2 N–H and O–H groups in total. The summed E-state index contributed by atoms with van der Waals surface area (Å²) in [6, 6.07) is 5.34. The Hall–Kier alpha value is -2.10. The Labute approximate surface area is 211 Å². The number of nitrogens with zero attached hydrogens (tertiary/aromatic N) is 1. The average Bonchev–Trinajstić information content (AvgIpc) is 2.76. The van der Waals surface area contributed by atoms with Crippen molar-refractivity contribution in [3.8, 4) is 5.75 Å². The molecular weight excluding hydrogens is 504 g/mol. The molecule has 1 aromatic carbocycles. The predicted octanol–water partition coefficient (Wildman–Crippen LogP) is 3.86. The molecular formula is C23H24Cl2FN3O4S. The fraction of sp³-hybridized carbons (Fsp3) is 0.478. The van der Waals surface area contributed by atoms with E-state index in [1.54, 1.807) is 18.2 Å². The molecule has 4 aliphatic carbocycles. The molecule has 2 unspecified atom stereocenters. The Morgan fingerprint density at radius 1 is 1.29 bits per heavy atom. The van der Waals surface area contributed by atoms with Crippen LogP contribution < -0.4 is 19.7 Å². The van der Waals surface area contributed by atoms with Crippen molar-refractivity contribution in [1.29, 1.82) is 0 Å². The molecule has 6 rings (SSSR count). The topological polar surface area (TPSA) is 79.9 Å². The van der Waals surface area contributed by atoms with Crippen LogP contribution in [-0.4, -0.2) is 53.8 Å². The van der Waals surface area contributed by atoms with Crippen LogP contribution in [0.15, 0.2) is 41.9 Å². The molecule has 2 bridgehead atoms. The third-order valence-electron chi connectivity index (χ3n) is 6.60. The van der Waals surface area contributed by atoms with Crippen molar-refractivity contribution < 1.29 is 23.5 Å². The number of halogens is 3. The molecule has 1 aromatic rings. The zero-order valence-electron chi connectivity index (χ0n) is 18.4. The highest BCUT2D eigenvalue weighted by molar-refractivity contribution is 8.00. The Bertz CT molecular complexity index is 1080. The van der Waals surface area contributed by atoms with Gasteiger partial charge in [-0.15, -0.1) is 11.6 Å². The summed E-state index contributed by atoms with van der Waals surface area (Å²) in [6.07, 6.45) is 6.48. The zero-order chi connectivity index (χ0) is 24.1. The van der Waals surface area contributed by atoms with Gasteiger partial charge in [0.15, 0.2) is 12.7 Å². The van der Waals surface area contributed by atoms with Crippen molar-refractivity contribution in [3.05, 3.63) is 47.0 Å². The summed E-state index contributed by atoms with van der Waals surface area (Å²) in [4.78, 5) is 25.3. The molecule has 0 saturated heterocycles. The first-order chi connectivity index (χ1) is 16.2. The Balaban J connectivity index is 1.10. The lowest BCUT2D eigenvalue weighted by atomic mass is 9.44. The van der Waals surface area contributed by atoms with E-state index in [9.17, 15) is 14.0 Å². The summed E-state index contributed by atoms with van der Waals surface area (Å²) in [6.45, 7) is 0.207. The first kappa shape index (κ1) is 23.6. The van der Waals surface area contributed by atoms with Crippen LogP contribution >= 0.6 is 35.1 Å². The summed E-state index contributed by atoms with van der Waals surface area (Å²) < 4.78 is 26.9. The van der Waals surface area contributed by atoms with E-state index in [1.807, 2.05) is 16.6 Å².